The number of carboxylic acid groups (broad SMARTS) is 1. The third-order valence-corrected chi connectivity index (χ3v) is 11.7. The summed E-state index contributed by atoms with van der Waals surface area (Å²) in [5.74, 6) is 2.77. The van der Waals surface area contributed by atoms with E-state index in [1.165, 1.54) is 35.2 Å². The van der Waals surface area contributed by atoms with Gasteiger partial charge in [-0.2, -0.15) is 0 Å². The lowest BCUT2D eigenvalue weighted by atomic mass is 9.59. The Morgan fingerprint density at radius 3 is 2.77 bits per heavy atom. The minimum Gasteiger partial charge on any atom is -0.493 e. The summed E-state index contributed by atoms with van der Waals surface area (Å²) in [6.07, 6.45) is 9.45. The molecule has 3 aliphatic carbocycles. The van der Waals surface area contributed by atoms with Crippen LogP contribution in [0.2, 0.25) is 5.02 Å². The Hall–Kier alpha value is -3.49. The van der Waals surface area contributed by atoms with Gasteiger partial charge < -0.3 is 29.4 Å². The molecule has 2 aromatic carbocycles. The van der Waals surface area contributed by atoms with Crippen molar-refractivity contribution in [3.8, 4) is 17.2 Å². The SMILES string of the molecule is COCC1COc2cc3c(cc2O1)C1(CCC(Nc2cccc(Cl)c2)(C(=O)O)CC1)C(C[C@@H](C)COc1ccnc2c1[C@H](C)CCC2)C3. The van der Waals surface area contributed by atoms with Gasteiger partial charge in [-0.05, 0) is 128 Å². The van der Waals surface area contributed by atoms with Crippen LogP contribution >= 0.6 is 11.6 Å². The summed E-state index contributed by atoms with van der Waals surface area (Å²) in [6.45, 7) is 6.10. The molecule has 0 bridgehead atoms. The van der Waals surface area contributed by atoms with E-state index in [9.17, 15) is 9.90 Å². The van der Waals surface area contributed by atoms with Crippen LogP contribution in [0.25, 0.3) is 0 Å². The smallest absolute Gasteiger partial charge is 0.329 e. The monoisotopic (exact) mass is 674 g/mol. The lowest BCUT2D eigenvalue weighted by Crippen LogP contribution is -2.53. The predicted molar refractivity (Wildman–Crippen MR) is 186 cm³/mol. The number of fused-ring (bicyclic) bond motifs is 4. The first-order valence-corrected chi connectivity index (χ1v) is 17.9. The van der Waals surface area contributed by atoms with E-state index >= 15 is 0 Å². The number of benzene rings is 2. The van der Waals surface area contributed by atoms with E-state index in [4.69, 9.17) is 30.5 Å². The maximum absolute atomic E-state index is 12.9. The molecule has 9 heteroatoms. The van der Waals surface area contributed by atoms with Crippen LogP contribution in [0, 0.1) is 11.8 Å². The number of carbonyl (C=O) groups is 1. The van der Waals surface area contributed by atoms with E-state index in [-0.39, 0.29) is 11.5 Å². The third kappa shape index (κ3) is 6.22. The number of rotatable bonds is 10. The van der Waals surface area contributed by atoms with E-state index in [1.54, 1.807) is 19.2 Å². The fourth-order valence-electron chi connectivity index (χ4n) is 8.98. The second kappa shape index (κ2) is 13.4. The van der Waals surface area contributed by atoms with Gasteiger partial charge in [0.2, 0.25) is 0 Å². The van der Waals surface area contributed by atoms with Crippen LogP contribution in [-0.2, 0) is 27.8 Å². The molecular formula is C39H47ClN2O6. The van der Waals surface area contributed by atoms with Crippen molar-refractivity contribution in [2.75, 3.05) is 32.2 Å². The van der Waals surface area contributed by atoms with Crippen LogP contribution in [0.15, 0.2) is 48.7 Å². The number of ether oxygens (including phenoxy) is 4. The van der Waals surface area contributed by atoms with E-state index in [1.807, 2.05) is 24.4 Å². The van der Waals surface area contributed by atoms with E-state index in [0.717, 1.165) is 55.0 Å². The van der Waals surface area contributed by atoms with Crippen molar-refractivity contribution >= 4 is 23.3 Å². The highest BCUT2D eigenvalue weighted by molar-refractivity contribution is 6.30. The second-order valence-electron chi connectivity index (χ2n) is 14.7. The summed E-state index contributed by atoms with van der Waals surface area (Å²) in [6, 6.07) is 13.7. The number of pyridine rings is 1. The molecule has 1 aromatic heterocycles. The molecule has 7 rings (SSSR count). The Bertz CT molecular complexity index is 1650. The van der Waals surface area contributed by atoms with Crippen LogP contribution in [0.5, 0.6) is 17.2 Å². The summed E-state index contributed by atoms with van der Waals surface area (Å²) in [5.41, 5.74) is 4.49. The van der Waals surface area contributed by atoms with Gasteiger partial charge in [-0.3, -0.25) is 4.98 Å². The maximum atomic E-state index is 12.9. The molecule has 0 saturated heterocycles. The molecule has 2 unspecified atom stereocenters. The molecule has 48 heavy (non-hydrogen) atoms. The number of nitrogens with zero attached hydrogens (tertiary/aromatic N) is 1. The molecule has 3 aromatic rings. The zero-order valence-corrected chi connectivity index (χ0v) is 29.0. The molecule has 1 saturated carbocycles. The van der Waals surface area contributed by atoms with Crippen molar-refractivity contribution in [3.63, 3.8) is 0 Å². The molecule has 256 valence electrons. The summed E-state index contributed by atoms with van der Waals surface area (Å²) in [5, 5.41) is 14.6. The molecule has 2 heterocycles. The molecule has 4 aliphatic rings. The number of nitrogens with one attached hydrogen (secondary N) is 1. The summed E-state index contributed by atoms with van der Waals surface area (Å²) < 4.78 is 24.5. The highest BCUT2D eigenvalue weighted by Crippen LogP contribution is 2.58. The molecule has 1 fully saturated rings. The average Bonchev–Trinajstić information content (AvgIpc) is 3.34. The van der Waals surface area contributed by atoms with Crippen molar-refractivity contribution < 1.29 is 28.8 Å². The van der Waals surface area contributed by atoms with Gasteiger partial charge in [0.15, 0.2) is 17.6 Å². The molecule has 4 atom stereocenters. The first-order chi connectivity index (χ1) is 23.2. The van der Waals surface area contributed by atoms with E-state index < -0.39 is 11.5 Å². The molecule has 2 N–H and O–H groups in total. The second-order valence-corrected chi connectivity index (χ2v) is 15.1. The molecular weight excluding hydrogens is 628 g/mol. The van der Waals surface area contributed by atoms with Gasteiger partial charge in [-0.15, -0.1) is 0 Å². The minimum absolute atomic E-state index is 0.166. The van der Waals surface area contributed by atoms with Crippen molar-refractivity contribution in [2.24, 2.45) is 11.8 Å². The number of carboxylic acids is 1. The Morgan fingerprint density at radius 1 is 1.17 bits per heavy atom. The lowest BCUT2D eigenvalue weighted by molar-refractivity contribution is -0.144. The van der Waals surface area contributed by atoms with Crippen LogP contribution in [0.1, 0.15) is 87.1 Å². The Balaban J connectivity index is 1.15. The Kier molecular flexibility index (Phi) is 9.24. The molecule has 0 radical (unpaired) electrons. The van der Waals surface area contributed by atoms with Crippen LogP contribution < -0.4 is 19.5 Å². The summed E-state index contributed by atoms with van der Waals surface area (Å²) in [4.78, 5) is 17.6. The van der Waals surface area contributed by atoms with Gasteiger partial charge in [-0.1, -0.05) is 31.5 Å². The summed E-state index contributed by atoms with van der Waals surface area (Å²) in [7, 11) is 1.67. The number of methoxy groups -OCH3 is 1. The largest absolute Gasteiger partial charge is 0.493 e. The van der Waals surface area contributed by atoms with Crippen molar-refractivity contribution in [1.29, 1.82) is 0 Å². The Morgan fingerprint density at radius 2 is 2.00 bits per heavy atom. The number of halogens is 1. The average molecular weight is 675 g/mol. The number of aromatic nitrogens is 1. The normalized spacial score (nSPS) is 28.0. The van der Waals surface area contributed by atoms with Gasteiger partial charge in [-0.25, -0.2) is 4.79 Å². The van der Waals surface area contributed by atoms with Gasteiger partial charge in [0.05, 0.1) is 13.2 Å². The van der Waals surface area contributed by atoms with Gasteiger partial charge in [0.1, 0.15) is 17.9 Å². The first kappa shape index (κ1) is 33.0. The van der Waals surface area contributed by atoms with E-state index in [0.29, 0.717) is 55.4 Å². The van der Waals surface area contributed by atoms with Gasteiger partial charge in [0, 0.05) is 35.3 Å². The fraction of sp³-hybridized carbons (Fsp3) is 0.538. The fourth-order valence-corrected chi connectivity index (χ4v) is 9.17. The maximum Gasteiger partial charge on any atom is 0.329 e. The van der Waals surface area contributed by atoms with Crippen molar-refractivity contribution in [1.82, 2.24) is 4.98 Å². The molecule has 1 aliphatic heterocycles. The highest BCUT2D eigenvalue weighted by Gasteiger charge is 2.54. The molecule has 8 nitrogen and oxygen atoms in total. The third-order valence-electron chi connectivity index (χ3n) is 11.4. The van der Waals surface area contributed by atoms with Crippen molar-refractivity contribution in [2.45, 2.75) is 94.6 Å². The number of anilines is 1. The molecule has 1 spiro atoms. The quantitative estimate of drug-likeness (QED) is 0.223. The first-order valence-electron chi connectivity index (χ1n) is 17.5. The number of aryl methyl sites for hydroxylation is 1. The number of aliphatic carboxylic acids is 1. The van der Waals surface area contributed by atoms with Gasteiger partial charge >= 0.3 is 5.97 Å². The Labute approximate surface area is 288 Å². The number of hydrogen-bond acceptors (Lipinski definition) is 7. The minimum atomic E-state index is -1.08. The zero-order chi connectivity index (χ0) is 33.5. The highest BCUT2D eigenvalue weighted by atomic mass is 35.5. The topological polar surface area (TPSA) is 99.1 Å². The van der Waals surface area contributed by atoms with Crippen molar-refractivity contribution in [3.05, 3.63) is 76.1 Å². The van der Waals surface area contributed by atoms with Gasteiger partial charge in [0.25, 0.3) is 0 Å². The van der Waals surface area contributed by atoms with Crippen LogP contribution in [0.3, 0.4) is 0 Å². The molecule has 0 amide bonds. The number of hydrogen-bond donors (Lipinski definition) is 2. The standard InChI is InChI=1S/C39H47ClN2O6/c1-24(21-46-33-10-15-41-32-9-4-6-25(2)36(32)33)16-27-17-26-18-34-35(48-30(22-45-3)23-47-34)20-31(26)38(27)11-13-39(14-12-38,37(43)44)42-29-8-5-7-28(40)19-29/h5,7-8,10,15,18-20,24-25,27,30,42H,4,6,9,11-14,16-17,21-23H2,1-3H3,(H,43,44)/t24-,25-,27?,30?,38?,39?/m1/s1. The van der Waals surface area contributed by atoms with Crippen LogP contribution in [-0.4, -0.2) is 54.6 Å². The zero-order valence-electron chi connectivity index (χ0n) is 28.2. The predicted octanol–water partition coefficient (Wildman–Crippen LogP) is 7.99. The van der Waals surface area contributed by atoms with Crippen LogP contribution in [0.4, 0.5) is 5.69 Å². The lowest BCUT2D eigenvalue weighted by Gasteiger charge is -2.47. The van der Waals surface area contributed by atoms with E-state index in [2.05, 4.69) is 36.3 Å². The summed E-state index contributed by atoms with van der Waals surface area (Å²) >= 11 is 6.27.